The molecule has 1 N–H and O–H groups in total. The van der Waals surface area contributed by atoms with Crippen molar-refractivity contribution in [3.63, 3.8) is 0 Å². The smallest absolute Gasteiger partial charge is 0.144 e. The lowest BCUT2D eigenvalue weighted by atomic mass is 10.2. The van der Waals surface area contributed by atoms with E-state index in [2.05, 4.69) is 27.5 Å². The Morgan fingerprint density at radius 1 is 1.41 bits per heavy atom. The maximum atomic E-state index is 13.6. The fourth-order valence-electron chi connectivity index (χ4n) is 1.74. The van der Waals surface area contributed by atoms with Crippen LogP contribution in [0.2, 0.25) is 0 Å². The highest BCUT2D eigenvalue weighted by atomic mass is 79.9. The van der Waals surface area contributed by atoms with Crippen molar-refractivity contribution in [2.24, 2.45) is 0 Å². The number of thioether (sulfide) groups is 1. The molecule has 1 aliphatic carbocycles. The van der Waals surface area contributed by atoms with Crippen LogP contribution in [-0.4, -0.2) is 17.5 Å². The van der Waals surface area contributed by atoms with E-state index in [9.17, 15) is 8.78 Å². The molecule has 1 nitrogen and oxygen atoms in total. The van der Waals surface area contributed by atoms with Crippen molar-refractivity contribution in [3.8, 4) is 0 Å². The summed E-state index contributed by atoms with van der Waals surface area (Å²) in [5.74, 6) is -1.00. The van der Waals surface area contributed by atoms with Crippen molar-refractivity contribution in [1.82, 2.24) is 5.32 Å². The Balaban J connectivity index is 1.97. The summed E-state index contributed by atoms with van der Waals surface area (Å²) in [6, 6.07) is 2.67. The molecule has 0 bridgehead atoms. The van der Waals surface area contributed by atoms with E-state index in [1.165, 1.54) is 25.0 Å². The van der Waals surface area contributed by atoms with Gasteiger partial charge in [0.05, 0.1) is 4.47 Å². The van der Waals surface area contributed by atoms with Crippen LogP contribution in [0.1, 0.15) is 18.4 Å². The molecule has 0 radical (unpaired) electrons. The second kappa shape index (κ2) is 5.24. The first kappa shape index (κ1) is 13.3. The number of rotatable bonds is 5. The van der Waals surface area contributed by atoms with Crippen LogP contribution in [0.25, 0.3) is 0 Å². The van der Waals surface area contributed by atoms with Gasteiger partial charge >= 0.3 is 0 Å². The van der Waals surface area contributed by atoms with Crippen LogP contribution in [0.3, 0.4) is 0 Å². The third-order valence-corrected chi connectivity index (χ3v) is 5.16. The molecule has 1 aromatic rings. The molecule has 1 aromatic carbocycles. The Kier molecular flexibility index (Phi) is 4.10. The van der Waals surface area contributed by atoms with Gasteiger partial charge < -0.3 is 5.32 Å². The van der Waals surface area contributed by atoms with Gasteiger partial charge in [-0.15, -0.1) is 0 Å². The summed E-state index contributed by atoms with van der Waals surface area (Å²) in [4.78, 5) is 0. The fraction of sp³-hybridized carbons (Fsp3) is 0.500. The highest BCUT2D eigenvalue weighted by Crippen LogP contribution is 2.46. The van der Waals surface area contributed by atoms with Crippen molar-refractivity contribution in [2.75, 3.05) is 12.8 Å². The van der Waals surface area contributed by atoms with Crippen molar-refractivity contribution >= 4 is 27.7 Å². The molecule has 0 unspecified atom stereocenters. The van der Waals surface area contributed by atoms with Crippen LogP contribution in [-0.2, 0) is 6.54 Å². The summed E-state index contributed by atoms with van der Waals surface area (Å²) < 4.78 is 27.7. The number of halogens is 3. The van der Waals surface area contributed by atoms with Crippen molar-refractivity contribution in [1.29, 1.82) is 0 Å². The van der Waals surface area contributed by atoms with Gasteiger partial charge in [-0.3, -0.25) is 0 Å². The lowest BCUT2D eigenvalue weighted by molar-refractivity contribution is 0.530. The summed E-state index contributed by atoms with van der Waals surface area (Å²) in [6.45, 7) is 1.04. The summed E-state index contributed by atoms with van der Waals surface area (Å²) >= 11 is 4.89. The van der Waals surface area contributed by atoms with Crippen LogP contribution in [0.5, 0.6) is 0 Å². The SMILES string of the molecule is CSC1(CNCc2c(F)ccc(Br)c2F)CC1. The van der Waals surface area contributed by atoms with Gasteiger partial charge in [0.15, 0.2) is 0 Å². The Morgan fingerprint density at radius 2 is 2.12 bits per heavy atom. The van der Waals surface area contributed by atoms with E-state index < -0.39 is 11.6 Å². The van der Waals surface area contributed by atoms with E-state index in [0.717, 1.165) is 6.54 Å². The van der Waals surface area contributed by atoms with Crippen LogP contribution in [0.4, 0.5) is 8.78 Å². The Morgan fingerprint density at radius 3 is 2.71 bits per heavy atom. The predicted octanol–water partition coefficient (Wildman–Crippen LogP) is 3.71. The highest BCUT2D eigenvalue weighted by molar-refractivity contribution is 9.10. The first-order valence-corrected chi connectivity index (χ1v) is 7.48. The average Bonchev–Trinajstić information content (AvgIpc) is 3.09. The minimum atomic E-state index is -0.508. The zero-order chi connectivity index (χ0) is 12.5. The number of hydrogen-bond donors (Lipinski definition) is 1. The number of nitrogens with one attached hydrogen (secondary N) is 1. The molecule has 0 aliphatic heterocycles. The van der Waals surface area contributed by atoms with Gasteiger partial charge in [0.1, 0.15) is 11.6 Å². The van der Waals surface area contributed by atoms with Crippen LogP contribution >= 0.6 is 27.7 Å². The first-order chi connectivity index (χ1) is 8.08. The molecule has 2 rings (SSSR count). The Bertz CT molecular complexity index is 421. The van der Waals surface area contributed by atoms with Gasteiger partial charge in [0.2, 0.25) is 0 Å². The number of hydrogen-bond acceptors (Lipinski definition) is 2. The third kappa shape index (κ3) is 3.01. The van der Waals surface area contributed by atoms with Gasteiger partial charge in [-0.1, -0.05) is 0 Å². The zero-order valence-corrected chi connectivity index (χ0v) is 11.9. The zero-order valence-electron chi connectivity index (χ0n) is 9.53. The van der Waals surface area contributed by atoms with Crippen LogP contribution in [0, 0.1) is 11.6 Å². The van der Waals surface area contributed by atoms with Gasteiger partial charge in [0.25, 0.3) is 0 Å². The second-order valence-corrected chi connectivity index (χ2v) is 6.44. The normalized spacial score (nSPS) is 17.2. The topological polar surface area (TPSA) is 12.0 Å². The molecule has 0 spiro atoms. The molecular weight excluding hydrogens is 308 g/mol. The Labute approximate surface area is 112 Å². The summed E-state index contributed by atoms with van der Waals surface area (Å²) in [5.41, 5.74) is 0.108. The van der Waals surface area contributed by atoms with E-state index in [1.807, 2.05) is 11.8 Å². The maximum absolute atomic E-state index is 13.6. The third-order valence-electron chi connectivity index (χ3n) is 3.13. The fourth-order valence-corrected chi connectivity index (χ4v) is 2.87. The predicted molar refractivity (Wildman–Crippen MR) is 71.2 cm³/mol. The van der Waals surface area contributed by atoms with E-state index in [4.69, 9.17) is 0 Å². The summed E-state index contributed by atoms with van der Waals surface area (Å²) in [5, 5.41) is 3.14. The van der Waals surface area contributed by atoms with Gasteiger partial charge in [-0.05, 0) is 47.2 Å². The molecular formula is C12H14BrF2NS. The van der Waals surface area contributed by atoms with Gasteiger partial charge in [-0.25, -0.2) is 8.78 Å². The standard InChI is InChI=1S/C12H14BrF2NS/c1-17-12(4-5-12)7-16-6-8-10(14)3-2-9(13)11(8)15/h2-3,16H,4-7H2,1H3. The monoisotopic (exact) mass is 321 g/mol. The minimum Gasteiger partial charge on any atom is -0.311 e. The van der Waals surface area contributed by atoms with Crippen LogP contribution in [0.15, 0.2) is 16.6 Å². The lowest BCUT2D eigenvalue weighted by Crippen LogP contribution is -2.26. The molecule has 1 saturated carbocycles. The van der Waals surface area contributed by atoms with E-state index in [-0.39, 0.29) is 12.1 Å². The first-order valence-electron chi connectivity index (χ1n) is 5.46. The molecule has 0 aromatic heterocycles. The molecule has 5 heteroatoms. The lowest BCUT2D eigenvalue weighted by Gasteiger charge is -2.14. The molecule has 94 valence electrons. The Hall–Kier alpha value is -0.130. The van der Waals surface area contributed by atoms with E-state index >= 15 is 0 Å². The summed E-state index contributed by atoms with van der Waals surface area (Å²) in [6.07, 6.45) is 4.45. The highest BCUT2D eigenvalue weighted by Gasteiger charge is 2.41. The quantitative estimate of drug-likeness (QED) is 0.830. The largest absolute Gasteiger partial charge is 0.311 e. The molecule has 0 atom stereocenters. The van der Waals surface area contributed by atoms with E-state index in [0.29, 0.717) is 9.22 Å². The molecule has 0 heterocycles. The molecule has 1 aliphatic rings. The van der Waals surface area contributed by atoms with Crippen molar-refractivity contribution in [2.45, 2.75) is 24.1 Å². The number of benzene rings is 1. The van der Waals surface area contributed by atoms with Crippen molar-refractivity contribution < 1.29 is 8.78 Å². The molecule has 17 heavy (non-hydrogen) atoms. The molecule has 0 saturated heterocycles. The molecule has 1 fully saturated rings. The van der Waals surface area contributed by atoms with Gasteiger partial charge in [-0.2, -0.15) is 11.8 Å². The summed E-state index contributed by atoms with van der Waals surface area (Å²) in [7, 11) is 0. The van der Waals surface area contributed by atoms with Gasteiger partial charge in [0, 0.05) is 23.4 Å². The minimum absolute atomic E-state index is 0.108. The van der Waals surface area contributed by atoms with Crippen LogP contribution < -0.4 is 5.32 Å². The molecule has 0 amide bonds. The van der Waals surface area contributed by atoms with Crippen molar-refractivity contribution in [3.05, 3.63) is 33.8 Å². The van der Waals surface area contributed by atoms with E-state index in [1.54, 1.807) is 0 Å². The maximum Gasteiger partial charge on any atom is 0.144 e. The average molecular weight is 322 g/mol. The second-order valence-electron chi connectivity index (χ2n) is 4.31.